The van der Waals surface area contributed by atoms with E-state index in [2.05, 4.69) is 11.4 Å². The van der Waals surface area contributed by atoms with Crippen molar-refractivity contribution in [2.75, 3.05) is 19.7 Å². The summed E-state index contributed by atoms with van der Waals surface area (Å²) in [6.07, 6.45) is 3.72. The van der Waals surface area contributed by atoms with E-state index in [9.17, 15) is 32.7 Å². The Balaban J connectivity index is 1.23. The van der Waals surface area contributed by atoms with Gasteiger partial charge in [0.1, 0.15) is 0 Å². The first-order chi connectivity index (χ1) is 24.8. The van der Waals surface area contributed by atoms with Crippen molar-refractivity contribution in [3.8, 4) is 5.75 Å². The lowest BCUT2D eigenvalue weighted by Crippen LogP contribution is -2.62. The highest BCUT2D eigenvalue weighted by Crippen LogP contribution is 2.38. The van der Waals surface area contributed by atoms with Crippen molar-refractivity contribution in [2.45, 2.75) is 90.4 Å². The minimum atomic E-state index is -1.34. The number of benzene rings is 3. The lowest BCUT2D eigenvalue weighted by molar-refractivity contribution is -0.148. The molecule has 2 heterocycles. The molecule has 1 aliphatic carbocycles. The zero-order valence-corrected chi connectivity index (χ0v) is 29.9. The summed E-state index contributed by atoms with van der Waals surface area (Å²) < 4.78 is 46.7. The summed E-state index contributed by atoms with van der Waals surface area (Å²) >= 11 is 0. The standard InChI is InChI=1S/C41H46F3N3O5/c1-25-7-4-5-9-28(25)22-47(30-14-15-30)39(49)36-31(21-29-23-46(24-34(36)45-29)35(48)18-19-41(2,3)40(50)51)27-12-10-26(11-13-27)8-6-20-52-38-33(43)17-16-32(42)37(38)44/h4-5,7,9-13,16-17,29-30,34,45H,6,8,14-15,18-24H2,1-3H3,(H,50,51)/t29-,34-/m1/s1. The van der Waals surface area contributed by atoms with Gasteiger partial charge in [0.05, 0.1) is 18.1 Å². The van der Waals surface area contributed by atoms with Crippen LogP contribution in [-0.4, -0.2) is 70.5 Å². The van der Waals surface area contributed by atoms with Gasteiger partial charge in [-0.1, -0.05) is 48.5 Å². The predicted octanol–water partition coefficient (Wildman–Crippen LogP) is 6.83. The molecular weight excluding hydrogens is 671 g/mol. The number of rotatable bonds is 14. The average molecular weight is 718 g/mol. The summed E-state index contributed by atoms with van der Waals surface area (Å²) in [5, 5.41) is 13.2. The Morgan fingerprint density at radius 2 is 1.69 bits per heavy atom. The van der Waals surface area contributed by atoms with Crippen LogP contribution in [0.2, 0.25) is 0 Å². The molecule has 3 aromatic rings. The van der Waals surface area contributed by atoms with Crippen molar-refractivity contribution in [1.82, 2.24) is 15.1 Å². The number of nitrogens with zero attached hydrogens (tertiary/aromatic N) is 2. The highest BCUT2D eigenvalue weighted by Gasteiger charge is 2.43. The van der Waals surface area contributed by atoms with Crippen LogP contribution in [0.4, 0.5) is 13.2 Å². The van der Waals surface area contributed by atoms with Crippen LogP contribution in [0, 0.1) is 29.8 Å². The average Bonchev–Trinajstić information content (AvgIpc) is 3.97. The van der Waals surface area contributed by atoms with E-state index in [4.69, 9.17) is 4.74 Å². The Morgan fingerprint density at radius 1 is 0.981 bits per heavy atom. The second-order valence-corrected chi connectivity index (χ2v) is 14.9. The molecule has 1 saturated carbocycles. The summed E-state index contributed by atoms with van der Waals surface area (Å²) in [4.78, 5) is 43.7. The zero-order valence-electron chi connectivity index (χ0n) is 29.9. The molecule has 0 spiro atoms. The number of hydrogen-bond donors (Lipinski definition) is 2. The number of aliphatic carboxylic acids is 1. The lowest BCUT2D eigenvalue weighted by Gasteiger charge is -2.45. The van der Waals surface area contributed by atoms with Gasteiger partial charge in [0.2, 0.25) is 11.7 Å². The van der Waals surface area contributed by atoms with Crippen LogP contribution in [-0.2, 0) is 27.3 Å². The normalized spacial score (nSPS) is 18.7. The maximum atomic E-state index is 14.8. The first-order valence-electron chi connectivity index (χ1n) is 18.0. The first-order valence-corrected chi connectivity index (χ1v) is 18.0. The van der Waals surface area contributed by atoms with Gasteiger partial charge in [-0.2, -0.15) is 4.39 Å². The maximum absolute atomic E-state index is 14.8. The van der Waals surface area contributed by atoms with Gasteiger partial charge in [0.25, 0.3) is 5.91 Å². The molecule has 2 amide bonds. The van der Waals surface area contributed by atoms with Gasteiger partial charge in [-0.15, -0.1) is 0 Å². The van der Waals surface area contributed by atoms with E-state index in [1.807, 2.05) is 54.3 Å². The number of piperazine rings is 1. The highest BCUT2D eigenvalue weighted by atomic mass is 19.2. The van der Waals surface area contributed by atoms with Gasteiger partial charge >= 0.3 is 5.97 Å². The topological polar surface area (TPSA) is 99.2 Å². The van der Waals surface area contributed by atoms with Crippen molar-refractivity contribution in [2.24, 2.45) is 5.41 Å². The number of carboxylic acids is 1. The Morgan fingerprint density at radius 3 is 2.38 bits per heavy atom. The summed E-state index contributed by atoms with van der Waals surface area (Å²) in [6.45, 7) is 6.53. The fourth-order valence-corrected chi connectivity index (χ4v) is 7.10. The lowest BCUT2D eigenvalue weighted by atomic mass is 9.82. The van der Waals surface area contributed by atoms with Crippen molar-refractivity contribution in [3.63, 3.8) is 0 Å². The van der Waals surface area contributed by atoms with Crippen LogP contribution in [0.25, 0.3) is 5.57 Å². The Bertz CT molecular complexity index is 1860. The summed E-state index contributed by atoms with van der Waals surface area (Å²) in [7, 11) is 0. The number of carboxylic acid groups (broad SMARTS) is 1. The number of aryl methyl sites for hydroxylation is 2. The predicted molar refractivity (Wildman–Crippen MR) is 191 cm³/mol. The number of fused-ring (bicyclic) bond motifs is 2. The van der Waals surface area contributed by atoms with Gasteiger partial charge in [0.15, 0.2) is 17.4 Å². The monoisotopic (exact) mass is 717 g/mol. The largest absolute Gasteiger partial charge is 0.488 e. The Kier molecular flexibility index (Phi) is 11.1. The van der Waals surface area contributed by atoms with Gasteiger partial charge in [-0.25, -0.2) is 8.78 Å². The van der Waals surface area contributed by atoms with Crippen LogP contribution >= 0.6 is 0 Å². The third-order valence-electron chi connectivity index (χ3n) is 10.5. The third kappa shape index (κ3) is 8.36. The molecule has 3 aliphatic rings. The zero-order chi connectivity index (χ0) is 37.2. The molecule has 11 heteroatoms. The number of carbonyl (C=O) groups is 3. The van der Waals surface area contributed by atoms with Gasteiger partial charge in [0, 0.05) is 43.7 Å². The molecule has 0 aromatic heterocycles. The smallest absolute Gasteiger partial charge is 0.309 e. The molecular formula is C41H46F3N3O5. The van der Waals surface area contributed by atoms with E-state index in [0.29, 0.717) is 44.5 Å². The number of ether oxygens (including phenoxy) is 1. The van der Waals surface area contributed by atoms with E-state index in [1.54, 1.807) is 18.7 Å². The summed E-state index contributed by atoms with van der Waals surface area (Å²) in [5.41, 5.74) is 4.66. The van der Waals surface area contributed by atoms with E-state index in [0.717, 1.165) is 52.8 Å². The second kappa shape index (κ2) is 15.5. The SMILES string of the molecule is Cc1ccccc1CN(C(=O)C1=C(c2ccc(CCCOc3c(F)ccc(F)c3F)cc2)C[C@@H]2CN(C(=O)CCC(C)(C)C(=O)O)C[C@H]1N2)C1CC1. The number of amides is 2. The molecule has 2 atom stereocenters. The number of hydrogen-bond acceptors (Lipinski definition) is 5. The molecule has 0 unspecified atom stereocenters. The molecule has 1 saturated heterocycles. The minimum Gasteiger partial charge on any atom is -0.488 e. The van der Waals surface area contributed by atoms with E-state index >= 15 is 0 Å². The fraction of sp³-hybridized carbons (Fsp3) is 0.439. The summed E-state index contributed by atoms with van der Waals surface area (Å²) in [6, 6.07) is 17.2. The van der Waals surface area contributed by atoms with Crippen molar-refractivity contribution in [1.29, 1.82) is 0 Å². The Hall–Kier alpha value is -4.64. The molecule has 2 aliphatic heterocycles. The molecule has 276 valence electrons. The molecule has 2 bridgehead atoms. The van der Waals surface area contributed by atoms with Crippen LogP contribution in [0.15, 0.2) is 66.2 Å². The van der Waals surface area contributed by atoms with Crippen LogP contribution < -0.4 is 10.1 Å². The maximum Gasteiger partial charge on any atom is 0.309 e. The van der Waals surface area contributed by atoms with E-state index in [-0.39, 0.29) is 43.3 Å². The molecule has 2 N–H and O–H groups in total. The first kappa shape index (κ1) is 37.1. The highest BCUT2D eigenvalue weighted by molar-refractivity contribution is 6.03. The van der Waals surface area contributed by atoms with Gasteiger partial charge in [-0.3, -0.25) is 14.4 Å². The molecule has 8 nitrogen and oxygen atoms in total. The fourth-order valence-electron chi connectivity index (χ4n) is 7.10. The second-order valence-electron chi connectivity index (χ2n) is 14.9. The molecule has 3 aromatic carbocycles. The Labute approximate surface area is 302 Å². The third-order valence-corrected chi connectivity index (χ3v) is 10.5. The molecule has 2 fully saturated rings. The molecule has 0 radical (unpaired) electrons. The number of halogens is 3. The van der Waals surface area contributed by atoms with E-state index in [1.165, 1.54) is 0 Å². The minimum absolute atomic E-state index is 0.00120. The number of nitrogens with one attached hydrogen (secondary N) is 1. The van der Waals surface area contributed by atoms with Crippen LogP contribution in [0.3, 0.4) is 0 Å². The van der Waals surface area contributed by atoms with Crippen LogP contribution in [0.1, 0.15) is 74.6 Å². The molecule has 52 heavy (non-hydrogen) atoms. The van der Waals surface area contributed by atoms with Crippen molar-refractivity contribution < 1.29 is 37.4 Å². The summed E-state index contributed by atoms with van der Waals surface area (Å²) in [5.74, 6) is -5.29. The number of carbonyl (C=O) groups excluding carboxylic acids is 2. The molecule has 6 rings (SSSR count). The van der Waals surface area contributed by atoms with Crippen LogP contribution in [0.5, 0.6) is 5.75 Å². The van der Waals surface area contributed by atoms with E-state index < -0.39 is 40.6 Å². The van der Waals surface area contributed by atoms with Crippen molar-refractivity contribution >= 4 is 23.4 Å². The quantitative estimate of drug-likeness (QED) is 0.140. The van der Waals surface area contributed by atoms with Gasteiger partial charge in [-0.05, 0) is 99.3 Å². The van der Waals surface area contributed by atoms with Gasteiger partial charge < -0.3 is 25.0 Å². The van der Waals surface area contributed by atoms with Crippen molar-refractivity contribution in [3.05, 3.63) is 106 Å².